The van der Waals surface area contributed by atoms with Gasteiger partial charge in [-0.15, -0.1) is 4.99 Å². The Labute approximate surface area is 83.6 Å². The fourth-order valence-electron chi connectivity index (χ4n) is 0.914. The number of nitrogens with zero attached hydrogens (tertiary/aromatic N) is 1. The van der Waals surface area contributed by atoms with E-state index in [0.29, 0.717) is 10.0 Å². The summed E-state index contributed by atoms with van der Waals surface area (Å²) in [5.41, 5.74) is 1.30. The summed E-state index contributed by atoms with van der Waals surface area (Å²) in [6.07, 6.45) is 1.22. The van der Waals surface area contributed by atoms with Crippen LogP contribution < -0.4 is 0 Å². The van der Waals surface area contributed by atoms with E-state index in [1.54, 1.807) is 12.1 Å². The van der Waals surface area contributed by atoms with Gasteiger partial charge in [-0.05, 0) is 34.5 Å². The highest BCUT2D eigenvalue weighted by molar-refractivity contribution is 9.10. The minimum Gasteiger partial charge on any atom is -0.266 e. The summed E-state index contributed by atoms with van der Waals surface area (Å²) in [6.45, 7) is 1.85. The van der Waals surface area contributed by atoms with E-state index in [4.69, 9.17) is 0 Å². The fraction of sp³-hybridized carbons (Fsp3) is 0.111. The number of amides is 1. The van der Waals surface area contributed by atoms with Crippen molar-refractivity contribution in [2.24, 2.45) is 4.99 Å². The number of carbonyl (C=O) groups excluding carboxylic acids is 2. The number of aryl methyl sites for hydroxylation is 1. The van der Waals surface area contributed by atoms with Gasteiger partial charge >= 0.3 is 0 Å². The molecular formula is C9H6BrNO2. The third-order valence-corrected chi connectivity index (χ3v) is 2.62. The molecule has 13 heavy (non-hydrogen) atoms. The van der Waals surface area contributed by atoms with Crippen LogP contribution in [0, 0.1) is 6.92 Å². The molecule has 0 bridgehead atoms. The molecule has 1 aromatic carbocycles. The molecule has 0 N–H and O–H groups in total. The molecule has 3 nitrogen and oxygen atoms in total. The summed E-state index contributed by atoms with van der Waals surface area (Å²) in [6, 6.07) is 5.18. The Kier molecular flexibility index (Phi) is 3.12. The third kappa shape index (κ3) is 2.11. The summed E-state index contributed by atoms with van der Waals surface area (Å²) >= 11 is 3.24. The lowest BCUT2D eigenvalue weighted by Gasteiger charge is -2.00. The fourth-order valence-corrected chi connectivity index (χ4v) is 1.35. The molecule has 0 spiro atoms. The minimum atomic E-state index is -0.578. The van der Waals surface area contributed by atoms with Gasteiger partial charge in [0.1, 0.15) is 0 Å². The average Bonchev–Trinajstić information content (AvgIpc) is 2.10. The molecule has 0 atom stereocenters. The van der Waals surface area contributed by atoms with Gasteiger partial charge in [0, 0.05) is 4.47 Å². The molecule has 0 aliphatic heterocycles. The van der Waals surface area contributed by atoms with Crippen LogP contribution in [0.2, 0.25) is 0 Å². The lowest BCUT2D eigenvalue weighted by atomic mass is 10.1. The zero-order valence-corrected chi connectivity index (χ0v) is 8.46. The van der Waals surface area contributed by atoms with Crippen molar-refractivity contribution in [3.63, 3.8) is 0 Å². The van der Waals surface area contributed by atoms with Crippen molar-refractivity contribution in [2.45, 2.75) is 6.92 Å². The molecule has 0 radical (unpaired) electrons. The molecule has 4 heteroatoms. The Balaban J connectivity index is 3.22. The first-order chi connectivity index (χ1) is 6.16. The molecule has 66 valence electrons. The van der Waals surface area contributed by atoms with Crippen molar-refractivity contribution in [3.8, 4) is 0 Å². The number of halogens is 1. The SMILES string of the molecule is Cc1cccc(C(=O)N=C=O)c1Br. The molecule has 0 aliphatic rings. The highest BCUT2D eigenvalue weighted by atomic mass is 79.9. The number of benzene rings is 1. The normalized spacial score (nSPS) is 9.08. The van der Waals surface area contributed by atoms with Gasteiger partial charge in [-0.25, -0.2) is 4.79 Å². The van der Waals surface area contributed by atoms with Crippen molar-refractivity contribution in [2.75, 3.05) is 0 Å². The van der Waals surface area contributed by atoms with E-state index in [1.807, 2.05) is 13.0 Å². The van der Waals surface area contributed by atoms with Gasteiger partial charge in [0.2, 0.25) is 6.08 Å². The molecule has 0 aromatic heterocycles. The maximum atomic E-state index is 11.2. The zero-order chi connectivity index (χ0) is 9.84. The van der Waals surface area contributed by atoms with Gasteiger partial charge in [0.25, 0.3) is 5.91 Å². The molecule has 0 heterocycles. The van der Waals surface area contributed by atoms with Crippen molar-refractivity contribution in [1.82, 2.24) is 0 Å². The molecule has 0 fully saturated rings. The van der Waals surface area contributed by atoms with E-state index in [2.05, 4.69) is 20.9 Å². The highest BCUT2D eigenvalue weighted by Crippen LogP contribution is 2.21. The van der Waals surface area contributed by atoms with Crippen LogP contribution in [0.5, 0.6) is 0 Å². The standard InChI is InChI=1S/C9H6BrNO2/c1-6-3-2-4-7(8(6)10)9(13)11-5-12/h2-4H,1H3. The summed E-state index contributed by atoms with van der Waals surface area (Å²) in [5, 5.41) is 0. The quantitative estimate of drug-likeness (QED) is 0.558. The minimum absolute atomic E-state index is 0.378. The predicted molar refractivity (Wildman–Crippen MR) is 51.3 cm³/mol. The molecule has 1 aromatic rings. The van der Waals surface area contributed by atoms with Crippen LogP contribution >= 0.6 is 15.9 Å². The van der Waals surface area contributed by atoms with E-state index >= 15 is 0 Å². The monoisotopic (exact) mass is 239 g/mol. The maximum absolute atomic E-state index is 11.2. The Morgan fingerprint density at radius 3 is 2.85 bits per heavy atom. The third-order valence-electron chi connectivity index (χ3n) is 1.57. The van der Waals surface area contributed by atoms with Crippen LogP contribution in [-0.2, 0) is 4.79 Å². The van der Waals surface area contributed by atoms with Crippen molar-refractivity contribution >= 4 is 27.9 Å². The summed E-state index contributed by atoms with van der Waals surface area (Å²) in [4.78, 5) is 24.0. The number of rotatable bonds is 1. The van der Waals surface area contributed by atoms with E-state index < -0.39 is 5.91 Å². The van der Waals surface area contributed by atoms with Crippen LogP contribution in [-0.4, -0.2) is 12.0 Å². The van der Waals surface area contributed by atoms with E-state index in [-0.39, 0.29) is 0 Å². The first-order valence-electron chi connectivity index (χ1n) is 3.54. The second-order valence-electron chi connectivity index (χ2n) is 2.44. The molecule has 0 saturated heterocycles. The first kappa shape index (κ1) is 9.84. The molecule has 1 rings (SSSR count). The lowest BCUT2D eigenvalue weighted by Crippen LogP contribution is -1.96. The van der Waals surface area contributed by atoms with Gasteiger partial charge in [-0.1, -0.05) is 12.1 Å². The number of carbonyl (C=O) groups is 1. The maximum Gasteiger partial charge on any atom is 0.288 e. The summed E-state index contributed by atoms with van der Waals surface area (Å²) in [5.74, 6) is -0.578. The Bertz CT molecular complexity index is 395. The average molecular weight is 240 g/mol. The van der Waals surface area contributed by atoms with Crippen molar-refractivity contribution < 1.29 is 9.59 Å². The highest BCUT2D eigenvalue weighted by Gasteiger charge is 2.09. The molecule has 0 unspecified atom stereocenters. The van der Waals surface area contributed by atoms with Gasteiger partial charge in [-0.3, -0.25) is 4.79 Å². The predicted octanol–water partition coefficient (Wildman–Crippen LogP) is 2.23. The number of isocyanates is 1. The number of hydrogen-bond donors (Lipinski definition) is 0. The second kappa shape index (κ2) is 4.12. The van der Waals surface area contributed by atoms with Crippen molar-refractivity contribution in [1.29, 1.82) is 0 Å². The van der Waals surface area contributed by atoms with E-state index in [9.17, 15) is 9.59 Å². The summed E-state index contributed by atoms with van der Waals surface area (Å²) in [7, 11) is 0. The lowest BCUT2D eigenvalue weighted by molar-refractivity contribution is 0.100. The van der Waals surface area contributed by atoms with Gasteiger partial charge in [0.15, 0.2) is 0 Å². The topological polar surface area (TPSA) is 46.5 Å². The smallest absolute Gasteiger partial charge is 0.266 e. The Hall–Kier alpha value is -1.25. The zero-order valence-electron chi connectivity index (χ0n) is 6.87. The second-order valence-corrected chi connectivity index (χ2v) is 3.24. The van der Waals surface area contributed by atoms with Crippen LogP contribution in [0.1, 0.15) is 15.9 Å². The molecular weight excluding hydrogens is 234 g/mol. The van der Waals surface area contributed by atoms with Gasteiger partial charge in [0.05, 0.1) is 5.56 Å². The van der Waals surface area contributed by atoms with Gasteiger partial charge < -0.3 is 0 Å². The van der Waals surface area contributed by atoms with Gasteiger partial charge in [-0.2, -0.15) is 0 Å². The molecule has 0 aliphatic carbocycles. The van der Waals surface area contributed by atoms with Crippen LogP contribution in [0.3, 0.4) is 0 Å². The largest absolute Gasteiger partial charge is 0.288 e. The summed E-state index contributed by atoms with van der Waals surface area (Å²) < 4.78 is 0.666. The molecule has 0 saturated carbocycles. The van der Waals surface area contributed by atoms with Crippen molar-refractivity contribution in [3.05, 3.63) is 33.8 Å². The van der Waals surface area contributed by atoms with E-state index in [1.165, 1.54) is 6.08 Å². The van der Waals surface area contributed by atoms with Crippen LogP contribution in [0.25, 0.3) is 0 Å². The molecule has 1 amide bonds. The Morgan fingerprint density at radius 2 is 2.23 bits per heavy atom. The Morgan fingerprint density at radius 1 is 1.54 bits per heavy atom. The number of hydrogen-bond acceptors (Lipinski definition) is 2. The van der Waals surface area contributed by atoms with Crippen LogP contribution in [0.4, 0.5) is 0 Å². The first-order valence-corrected chi connectivity index (χ1v) is 4.33. The van der Waals surface area contributed by atoms with Crippen LogP contribution in [0.15, 0.2) is 27.7 Å². The number of aliphatic imine (C=N–C) groups is 1. The van der Waals surface area contributed by atoms with E-state index in [0.717, 1.165) is 5.56 Å².